The van der Waals surface area contributed by atoms with Crippen molar-refractivity contribution in [2.75, 3.05) is 0 Å². The second kappa shape index (κ2) is 7.09. The molecule has 0 N–H and O–H groups in total. The molecule has 0 heterocycles. The van der Waals surface area contributed by atoms with Crippen molar-refractivity contribution in [3.63, 3.8) is 0 Å². The van der Waals surface area contributed by atoms with Crippen LogP contribution in [0.25, 0.3) is 5.57 Å². The summed E-state index contributed by atoms with van der Waals surface area (Å²) in [6, 6.07) is 30.1. The van der Waals surface area contributed by atoms with Crippen LogP contribution in [0, 0.1) is 0 Å². The zero-order chi connectivity index (χ0) is 18.9. The minimum Gasteiger partial charge on any atom is -0.143 e. The third kappa shape index (κ3) is 2.54. The molecular formula is C26H22S. The molecule has 27 heavy (non-hydrogen) atoms. The van der Waals surface area contributed by atoms with Gasteiger partial charge in [0, 0.05) is 4.91 Å². The third-order valence-corrected chi connectivity index (χ3v) is 5.82. The zero-order valence-corrected chi connectivity index (χ0v) is 16.3. The molecular weight excluding hydrogens is 344 g/mol. The van der Waals surface area contributed by atoms with Crippen molar-refractivity contribution in [2.45, 2.75) is 12.3 Å². The van der Waals surface area contributed by atoms with Crippen LogP contribution in [0.2, 0.25) is 0 Å². The van der Waals surface area contributed by atoms with E-state index < -0.39 is 5.41 Å². The molecule has 0 nitrogen and oxygen atoms in total. The molecule has 0 aliphatic heterocycles. The maximum absolute atomic E-state index is 4.88. The molecule has 3 aromatic rings. The van der Waals surface area contributed by atoms with Gasteiger partial charge in [0.25, 0.3) is 0 Å². The topological polar surface area (TPSA) is 0 Å². The van der Waals surface area contributed by atoms with Gasteiger partial charge in [-0.2, -0.15) is 0 Å². The molecule has 0 atom stereocenters. The number of rotatable bonds is 3. The molecule has 0 saturated heterocycles. The molecule has 1 heteroatoms. The van der Waals surface area contributed by atoms with Gasteiger partial charge in [-0.3, -0.25) is 0 Å². The molecule has 0 unspecified atom stereocenters. The average molecular weight is 367 g/mol. The Bertz CT molecular complexity index is 1000. The van der Waals surface area contributed by atoms with Crippen LogP contribution in [0.4, 0.5) is 0 Å². The van der Waals surface area contributed by atoms with Crippen LogP contribution in [0.3, 0.4) is 0 Å². The molecule has 4 rings (SSSR count). The van der Waals surface area contributed by atoms with E-state index >= 15 is 0 Å². The number of hydrogen-bond donors (Lipinski definition) is 1. The first-order valence-corrected chi connectivity index (χ1v) is 9.63. The lowest BCUT2D eigenvalue weighted by atomic mass is 9.67. The van der Waals surface area contributed by atoms with Gasteiger partial charge in [-0.1, -0.05) is 104 Å². The van der Waals surface area contributed by atoms with Gasteiger partial charge in [0.1, 0.15) is 0 Å². The first-order valence-electron chi connectivity index (χ1n) is 9.19. The Labute approximate surface area is 167 Å². The van der Waals surface area contributed by atoms with E-state index in [1.54, 1.807) is 0 Å². The van der Waals surface area contributed by atoms with Crippen LogP contribution in [0.15, 0.2) is 114 Å². The summed E-state index contributed by atoms with van der Waals surface area (Å²) >= 11 is 4.88. The van der Waals surface area contributed by atoms with Crippen molar-refractivity contribution >= 4 is 18.2 Å². The van der Waals surface area contributed by atoms with Gasteiger partial charge in [-0.05, 0) is 40.3 Å². The van der Waals surface area contributed by atoms with Crippen molar-refractivity contribution < 1.29 is 0 Å². The largest absolute Gasteiger partial charge is 0.143 e. The predicted octanol–water partition coefficient (Wildman–Crippen LogP) is 6.81. The summed E-state index contributed by atoms with van der Waals surface area (Å²) in [5.74, 6) is 0. The van der Waals surface area contributed by atoms with Gasteiger partial charge in [0.05, 0.1) is 5.41 Å². The molecule has 0 spiro atoms. The Morgan fingerprint density at radius 1 is 0.815 bits per heavy atom. The van der Waals surface area contributed by atoms with Gasteiger partial charge in [-0.15, -0.1) is 12.6 Å². The second-order valence-corrected chi connectivity index (χ2v) is 7.18. The zero-order valence-electron chi connectivity index (χ0n) is 15.4. The third-order valence-electron chi connectivity index (χ3n) is 5.42. The van der Waals surface area contributed by atoms with Crippen LogP contribution in [-0.4, -0.2) is 0 Å². The normalized spacial score (nSPS) is 18.2. The van der Waals surface area contributed by atoms with Crippen LogP contribution in [-0.2, 0) is 5.41 Å². The van der Waals surface area contributed by atoms with E-state index in [2.05, 4.69) is 105 Å². The maximum atomic E-state index is 4.88. The summed E-state index contributed by atoms with van der Waals surface area (Å²) in [5.41, 5.74) is 7.04. The van der Waals surface area contributed by atoms with E-state index in [0.29, 0.717) is 0 Å². The summed E-state index contributed by atoms with van der Waals surface area (Å²) in [5, 5.41) is 0. The molecule has 0 saturated carbocycles. The summed E-state index contributed by atoms with van der Waals surface area (Å²) in [7, 11) is 0. The Morgan fingerprint density at radius 2 is 1.33 bits per heavy atom. The number of allylic oxidation sites excluding steroid dienone is 4. The number of hydrogen-bond acceptors (Lipinski definition) is 1. The van der Waals surface area contributed by atoms with E-state index in [1.165, 1.54) is 33.4 Å². The van der Waals surface area contributed by atoms with Crippen LogP contribution >= 0.6 is 12.6 Å². The van der Waals surface area contributed by atoms with Crippen LogP contribution in [0.1, 0.15) is 29.2 Å². The first-order chi connectivity index (χ1) is 13.2. The lowest BCUT2D eigenvalue weighted by Crippen LogP contribution is -2.29. The molecule has 0 amide bonds. The Hall–Kier alpha value is -2.77. The second-order valence-electron chi connectivity index (χ2n) is 6.69. The van der Waals surface area contributed by atoms with Gasteiger partial charge >= 0.3 is 0 Å². The highest BCUT2D eigenvalue weighted by molar-refractivity contribution is 7.84. The predicted molar refractivity (Wildman–Crippen MR) is 119 cm³/mol. The quantitative estimate of drug-likeness (QED) is 0.484. The van der Waals surface area contributed by atoms with Gasteiger partial charge in [-0.25, -0.2) is 0 Å². The molecule has 0 bridgehead atoms. The molecule has 0 fully saturated rings. The first kappa shape index (κ1) is 17.6. The van der Waals surface area contributed by atoms with Crippen molar-refractivity contribution in [1.82, 2.24) is 0 Å². The SMILES string of the molecule is C=C/C(S)=C1\C(=C/C)c2ccccc2C1(c1ccccc1)c1ccccc1. The highest BCUT2D eigenvalue weighted by Gasteiger charge is 2.48. The fraction of sp³-hybridized carbons (Fsp3) is 0.0769. The van der Waals surface area contributed by atoms with Crippen molar-refractivity contribution in [3.8, 4) is 0 Å². The molecule has 0 radical (unpaired) electrons. The molecule has 3 aromatic carbocycles. The smallest absolute Gasteiger partial charge is 0.0724 e. The van der Waals surface area contributed by atoms with E-state index in [9.17, 15) is 0 Å². The Morgan fingerprint density at radius 3 is 1.85 bits per heavy atom. The maximum Gasteiger partial charge on any atom is 0.0724 e. The minimum absolute atomic E-state index is 0.410. The van der Waals surface area contributed by atoms with Crippen molar-refractivity contribution in [2.24, 2.45) is 0 Å². The molecule has 1 aliphatic carbocycles. The minimum atomic E-state index is -0.410. The van der Waals surface area contributed by atoms with Gasteiger partial charge < -0.3 is 0 Å². The fourth-order valence-corrected chi connectivity index (χ4v) is 4.68. The highest BCUT2D eigenvalue weighted by atomic mass is 32.1. The van der Waals surface area contributed by atoms with E-state index in [1.807, 2.05) is 6.08 Å². The number of thiol groups is 1. The summed E-state index contributed by atoms with van der Waals surface area (Å²) in [6.45, 7) is 6.13. The van der Waals surface area contributed by atoms with Crippen molar-refractivity contribution in [3.05, 3.63) is 136 Å². The molecule has 132 valence electrons. The van der Waals surface area contributed by atoms with Crippen LogP contribution in [0.5, 0.6) is 0 Å². The standard InChI is InChI=1S/C26H22S/c1-3-21-22-17-11-12-18-23(22)26(25(21)24(27)4-2,19-13-7-5-8-14-19)20-15-9-6-10-16-20/h3-18,27H,2H2,1H3/b21-3-,25-24-. The fourth-order valence-electron chi connectivity index (χ4n) is 4.39. The number of benzene rings is 3. The Balaban J connectivity index is 2.25. The molecule has 1 aliphatic rings. The lowest BCUT2D eigenvalue weighted by Gasteiger charge is -2.34. The lowest BCUT2D eigenvalue weighted by molar-refractivity contribution is 0.768. The average Bonchev–Trinajstić information content (AvgIpc) is 3.05. The Kier molecular flexibility index (Phi) is 4.63. The monoisotopic (exact) mass is 366 g/mol. The molecule has 0 aromatic heterocycles. The summed E-state index contributed by atoms with van der Waals surface area (Å²) in [6.07, 6.45) is 4.05. The van der Waals surface area contributed by atoms with E-state index in [0.717, 1.165) is 4.91 Å². The summed E-state index contributed by atoms with van der Waals surface area (Å²) in [4.78, 5) is 0.909. The van der Waals surface area contributed by atoms with Crippen LogP contribution < -0.4 is 0 Å². The van der Waals surface area contributed by atoms with E-state index in [-0.39, 0.29) is 0 Å². The van der Waals surface area contributed by atoms with E-state index in [4.69, 9.17) is 12.6 Å². The summed E-state index contributed by atoms with van der Waals surface area (Å²) < 4.78 is 0. The highest BCUT2D eigenvalue weighted by Crippen LogP contribution is 2.58. The van der Waals surface area contributed by atoms with Gasteiger partial charge in [0.2, 0.25) is 0 Å². The number of fused-ring (bicyclic) bond motifs is 1. The van der Waals surface area contributed by atoms with Crippen molar-refractivity contribution in [1.29, 1.82) is 0 Å². The van der Waals surface area contributed by atoms with Gasteiger partial charge in [0.15, 0.2) is 0 Å².